The third kappa shape index (κ3) is 3.87. The zero-order chi connectivity index (χ0) is 15.6. The number of hydrogen-bond acceptors (Lipinski definition) is 3. The van der Waals surface area contributed by atoms with E-state index in [1.54, 1.807) is 0 Å². The van der Waals surface area contributed by atoms with Crippen molar-refractivity contribution in [2.75, 3.05) is 11.9 Å². The molecule has 1 aliphatic rings. The Morgan fingerprint density at radius 1 is 1.43 bits per heavy atom. The molecular formula is C13H14ClF3N2O2. The number of benzene rings is 1. The average molecular weight is 323 g/mol. The van der Waals surface area contributed by atoms with Crippen LogP contribution in [0.5, 0.6) is 0 Å². The fourth-order valence-electron chi connectivity index (χ4n) is 2.11. The van der Waals surface area contributed by atoms with Crippen LogP contribution in [0.3, 0.4) is 0 Å². The maximum absolute atomic E-state index is 12.7. The Kier molecular flexibility index (Phi) is 4.75. The topological polar surface area (TPSA) is 64.4 Å². The molecule has 0 bridgehead atoms. The molecule has 0 spiro atoms. The monoisotopic (exact) mass is 322 g/mol. The van der Waals surface area contributed by atoms with E-state index in [-0.39, 0.29) is 11.8 Å². The van der Waals surface area contributed by atoms with Crippen LogP contribution in [-0.2, 0) is 15.7 Å². The lowest BCUT2D eigenvalue weighted by atomic mass is 10.1. The second-order valence-electron chi connectivity index (χ2n) is 4.74. The second-order valence-corrected chi connectivity index (χ2v) is 5.15. The Morgan fingerprint density at radius 3 is 2.71 bits per heavy atom. The molecule has 1 aromatic rings. The van der Waals surface area contributed by atoms with Crippen LogP contribution >= 0.6 is 11.6 Å². The molecule has 0 unspecified atom stereocenters. The molecule has 0 aromatic heterocycles. The number of nitrogens with two attached hydrogens (primary N) is 1. The van der Waals surface area contributed by atoms with Crippen molar-refractivity contribution in [3.8, 4) is 0 Å². The summed E-state index contributed by atoms with van der Waals surface area (Å²) in [6, 6.07) is 3.21. The van der Waals surface area contributed by atoms with Gasteiger partial charge in [0.1, 0.15) is 6.10 Å². The predicted molar refractivity (Wildman–Crippen MR) is 72.0 cm³/mol. The number of anilines is 1. The average Bonchev–Trinajstić information content (AvgIpc) is 2.88. The third-order valence-corrected chi connectivity index (χ3v) is 3.53. The quantitative estimate of drug-likeness (QED) is 0.899. The molecule has 2 atom stereocenters. The minimum atomic E-state index is -4.58. The molecule has 1 amide bonds. The van der Waals surface area contributed by atoms with Crippen molar-refractivity contribution in [2.45, 2.75) is 31.2 Å². The van der Waals surface area contributed by atoms with Crippen LogP contribution in [-0.4, -0.2) is 24.7 Å². The van der Waals surface area contributed by atoms with Crippen molar-refractivity contribution in [2.24, 2.45) is 5.73 Å². The summed E-state index contributed by atoms with van der Waals surface area (Å²) >= 11 is 5.51. The number of hydrogen-bond donors (Lipinski definition) is 2. The van der Waals surface area contributed by atoms with Crippen LogP contribution in [0.2, 0.25) is 5.02 Å². The Morgan fingerprint density at radius 2 is 2.14 bits per heavy atom. The molecule has 1 fully saturated rings. The normalized spacial score (nSPS) is 22.3. The number of carbonyl (C=O) groups is 1. The summed E-state index contributed by atoms with van der Waals surface area (Å²) < 4.78 is 43.6. The third-order valence-electron chi connectivity index (χ3n) is 3.20. The van der Waals surface area contributed by atoms with Gasteiger partial charge in [0.05, 0.1) is 16.7 Å². The SMILES string of the molecule is NC[C@H]1CC[C@@H](C(=O)Nc2ccc(Cl)c(C(F)(F)F)c2)O1. The van der Waals surface area contributed by atoms with Crippen LogP contribution in [0.4, 0.5) is 18.9 Å². The smallest absolute Gasteiger partial charge is 0.364 e. The molecule has 1 heterocycles. The van der Waals surface area contributed by atoms with Crippen molar-refractivity contribution >= 4 is 23.2 Å². The van der Waals surface area contributed by atoms with Crippen molar-refractivity contribution in [1.29, 1.82) is 0 Å². The molecular weight excluding hydrogens is 309 g/mol. The maximum atomic E-state index is 12.7. The molecule has 116 valence electrons. The van der Waals surface area contributed by atoms with Gasteiger partial charge in [-0.15, -0.1) is 0 Å². The molecule has 21 heavy (non-hydrogen) atoms. The van der Waals surface area contributed by atoms with Crippen molar-refractivity contribution in [3.63, 3.8) is 0 Å². The fraction of sp³-hybridized carbons (Fsp3) is 0.462. The van der Waals surface area contributed by atoms with Crippen LogP contribution in [0, 0.1) is 0 Å². The molecule has 0 radical (unpaired) electrons. The largest absolute Gasteiger partial charge is 0.417 e. The Hall–Kier alpha value is -1.31. The zero-order valence-corrected chi connectivity index (χ0v) is 11.7. The lowest BCUT2D eigenvalue weighted by Gasteiger charge is -2.14. The van der Waals surface area contributed by atoms with Crippen LogP contribution in [0.25, 0.3) is 0 Å². The highest BCUT2D eigenvalue weighted by atomic mass is 35.5. The molecule has 0 saturated carbocycles. The van der Waals surface area contributed by atoms with Gasteiger partial charge in [0.25, 0.3) is 5.91 Å². The van der Waals surface area contributed by atoms with Gasteiger partial charge in [0, 0.05) is 12.2 Å². The molecule has 1 saturated heterocycles. The molecule has 1 aliphatic heterocycles. The number of rotatable bonds is 3. The minimum Gasteiger partial charge on any atom is -0.364 e. The van der Waals surface area contributed by atoms with Gasteiger partial charge < -0.3 is 15.8 Å². The maximum Gasteiger partial charge on any atom is 0.417 e. The van der Waals surface area contributed by atoms with E-state index >= 15 is 0 Å². The standard InChI is InChI=1S/C13H14ClF3N2O2/c14-10-3-1-7(5-9(10)13(15,16)17)19-12(20)11-4-2-8(6-18)21-11/h1,3,5,8,11H,2,4,6,18H2,(H,19,20)/t8-,11+/m1/s1. The van der Waals surface area contributed by atoms with Gasteiger partial charge >= 0.3 is 6.18 Å². The zero-order valence-electron chi connectivity index (χ0n) is 10.9. The van der Waals surface area contributed by atoms with E-state index in [2.05, 4.69) is 5.32 Å². The molecule has 2 rings (SSSR count). The van der Waals surface area contributed by atoms with Gasteiger partial charge in [-0.3, -0.25) is 4.79 Å². The summed E-state index contributed by atoms with van der Waals surface area (Å²) in [6.07, 6.45) is -4.30. The highest BCUT2D eigenvalue weighted by Gasteiger charge is 2.34. The molecule has 0 aliphatic carbocycles. The van der Waals surface area contributed by atoms with Crippen LogP contribution in [0.1, 0.15) is 18.4 Å². The molecule has 1 aromatic carbocycles. The Balaban J connectivity index is 2.08. The highest BCUT2D eigenvalue weighted by molar-refractivity contribution is 6.31. The molecule has 3 N–H and O–H groups in total. The summed E-state index contributed by atoms with van der Waals surface area (Å²) in [5.74, 6) is -0.485. The number of nitrogens with one attached hydrogen (secondary N) is 1. The van der Waals surface area contributed by atoms with Gasteiger partial charge in [-0.05, 0) is 31.0 Å². The van der Waals surface area contributed by atoms with Gasteiger partial charge in [-0.1, -0.05) is 11.6 Å². The number of amides is 1. The van der Waals surface area contributed by atoms with E-state index < -0.39 is 28.8 Å². The van der Waals surface area contributed by atoms with Gasteiger partial charge in [-0.2, -0.15) is 13.2 Å². The van der Waals surface area contributed by atoms with Gasteiger partial charge in [0.15, 0.2) is 0 Å². The van der Waals surface area contributed by atoms with Crippen LogP contribution < -0.4 is 11.1 Å². The lowest BCUT2D eigenvalue weighted by Crippen LogP contribution is -2.29. The Labute approximate surface area is 124 Å². The van der Waals surface area contributed by atoms with Crippen LogP contribution in [0.15, 0.2) is 18.2 Å². The molecule has 8 heteroatoms. The van der Waals surface area contributed by atoms with E-state index in [4.69, 9.17) is 22.1 Å². The predicted octanol–water partition coefficient (Wildman–Crippen LogP) is 2.80. The van der Waals surface area contributed by atoms with Crippen molar-refractivity contribution in [1.82, 2.24) is 0 Å². The van der Waals surface area contributed by atoms with E-state index in [1.165, 1.54) is 6.07 Å². The van der Waals surface area contributed by atoms with E-state index in [1.807, 2.05) is 0 Å². The number of ether oxygens (including phenoxy) is 1. The number of halogens is 4. The summed E-state index contributed by atoms with van der Waals surface area (Å²) in [4.78, 5) is 11.9. The molecule has 4 nitrogen and oxygen atoms in total. The first-order valence-corrected chi connectivity index (χ1v) is 6.72. The van der Waals surface area contributed by atoms with Crippen molar-refractivity contribution in [3.05, 3.63) is 28.8 Å². The summed E-state index contributed by atoms with van der Waals surface area (Å²) in [5, 5.41) is 1.99. The first kappa shape index (κ1) is 16.1. The lowest BCUT2D eigenvalue weighted by molar-refractivity contribution is -0.137. The summed E-state index contributed by atoms with van der Waals surface area (Å²) in [6.45, 7) is 0.308. The van der Waals surface area contributed by atoms with Crippen molar-refractivity contribution < 1.29 is 22.7 Å². The Bertz CT molecular complexity index is 537. The van der Waals surface area contributed by atoms with Gasteiger partial charge in [0.2, 0.25) is 0 Å². The first-order valence-electron chi connectivity index (χ1n) is 6.34. The van der Waals surface area contributed by atoms with E-state index in [9.17, 15) is 18.0 Å². The van der Waals surface area contributed by atoms with E-state index in [0.29, 0.717) is 19.4 Å². The second kappa shape index (κ2) is 6.21. The summed E-state index contributed by atoms with van der Waals surface area (Å²) in [5.41, 5.74) is 4.47. The first-order chi connectivity index (χ1) is 9.81. The number of carbonyl (C=O) groups excluding carboxylic acids is 1. The van der Waals surface area contributed by atoms with Gasteiger partial charge in [-0.25, -0.2) is 0 Å². The minimum absolute atomic E-state index is 0.0246. The number of alkyl halides is 3. The van der Waals surface area contributed by atoms with E-state index in [0.717, 1.165) is 12.1 Å². The fourth-order valence-corrected chi connectivity index (χ4v) is 2.34. The highest BCUT2D eigenvalue weighted by Crippen LogP contribution is 2.36. The summed E-state index contributed by atoms with van der Waals surface area (Å²) in [7, 11) is 0.